The highest BCUT2D eigenvalue weighted by atomic mass is 32.2. The van der Waals surface area contributed by atoms with Gasteiger partial charge in [-0.1, -0.05) is 48.6 Å². The fourth-order valence-corrected chi connectivity index (χ4v) is 5.78. The Bertz CT molecular complexity index is 1240. The summed E-state index contributed by atoms with van der Waals surface area (Å²) in [6.45, 7) is 0. The first-order valence-electron chi connectivity index (χ1n) is 10.3. The highest BCUT2D eigenvalue weighted by Crippen LogP contribution is 2.51. The number of methoxy groups -OCH3 is 1. The van der Waals surface area contributed by atoms with E-state index in [1.54, 1.807) is 43.5 Å². The van der Waals surface area contributed by atoms with Crippen molar-refractivity contribution in [2.45, 2.75) is 23.3 Å². The van der Waals surface area contributed by atoms with E-state index in [1.165, 1.54) is 0 Å². The van der Waals surface area contributed by atoms with Crippen LogP contribution in [0.25, 0.3) is 0 Å². The molecule has 0 saturated carbocycles. The van der Waals surface area contributed by atoms with E-state index in [0.29, 0.717) is 11.6 Å². The summed E-state index contributed by atoms with van der Waals surface area (Å²) in [6.07, 6.45) is 5.32. The monoisotopic (exact) mass is 432 g/mol. The molecule has 2 aliphatic rings. The first-order chi connectivity index (χ1) is 15.1. The second-order valence-electron chi connectivity index (χ2n) is 7.94. The van der Waals surface area contributed by atoms with Gasteiger partial charge in [0.05, 0.1) is 18.0 Å². The molecule has 3 aromatic carbocycles. The van der Waals surface area contributed by atoms with Crippen LogP contribution in [0.2, 0.25) is 0 Å². The third-order valence-corrected chi connectivity index (χ3v) is 7.52. The Labute approximate surface area is 182 Å². The Morgan fingerprint density at radius 2 is 1.74 bits per heavy atom. The van der Waals surface area contributed by atoms with Gasteiger partial charge in [-0.15, -0.1) is 0 Å². The fourth-order valence-electron chi connectivity index (χ4n) is 4.69. The number of rotatable bonds is 5. The quantitative estimate of drug-likeness (QED) is 0.535. The van der Waals surface area contributed by atoms with Crippen molar-refractivity contribution < 1.29 is 13.2 Å². The predicted octanol–water partition coefficient (Wildman–Crippen LogP) is 5.32. The average Bonchev–Trinajstić information content (AvgIpc) is 3.29. The zero-order valence-electron chi connectivity index (χ0n) is 17.2. The van der Waals surface area contributed by atoms with Gasteiger partial charge in [-0.3, -0.25) is 4.72 Å². The number of anilines is 2. The van der Waals surface area contributed by atoms with E-state index < -0.39 is 10.0 Å². The van der Waals surface area contributed by atoms with E-state index in [-0.39, 0.29) is 16.9 Å². The number of hydrogen-bond acceptors (Lipinski definition) is 4. The van der Waals surface area contributed by atoms with Crippen molar-refractivity contribution in [2.24, 2.45) is 5.92 Å². The van der Waals surface area contributed by atoms with Gasteiger partial charge >= 0.3 is 0 Å². The third-order valence-electron chi connectivity index (χ3n) is 6.14. The lowest BCUT2D eigenvalue weighted by atomic mass is 9.77. The van der Waals surface area contributed by atoms with E-state index in [4.69, 9.17) is 4.74 Å². The second kappa shape index (κ2) is 7.78. The van der Waals surface area contributed by atoms with Crippen LogP contribution in [0.4, 0.5) is 11.4 Å². The molecule has 0 radical (unpaired) electrons. The zero-order valence-corrected chi connectivity index (χ0v) is 18.0. The van der Waals surface area contributed by atoms with E-state index in [0.717, 1.165) is 29.0 Å². The molecule has 5 nitrogen and oxygen atoms in total. The minimum atomic E-state index is -3.67. The van der Waals surface area contributed by atoms with Crippen molar-refractivity contribution in [3.05, 3.63) is 96.1 Å². The topological polar surface area (TPSA) is 67.4 Å². The van der Waals surface area contributed by atoms with Crippen LogP contribution < -0.4 is 14.8 Å². The van der Waals surface area contributed by atoms with Gasteiger partial charge in [0.2, 0.25) is 0 Å². The maximum absolute atomic E-state index is 13.0. The molecule has 1 aliphatic carbocycles. The van der Waals surface area contributed by atoms with Gasteiger partial charge in [-0.05, 0) is 54.3 Å². The smallest absolute Gasteiger partial charge is 0.261 e. The van der Waals surface area contributed by atoms with E-state index >= 15 is 0 Å². The van der Waals surface area contributed by atoms with Crippen molar-refractivity contribution in [1.29, 1.82) is 0 Å². The van der Waals surface area contributed by atoms with Gasteiger partial charge in [-0.25, -0.2) is 8.42 Å². The summed E-state index contributed by atoms with van der Waals surface area (Å²) in [5.41, 5.74) is 3.65. The first-order valence-corrected chi connectivity index (χ1v) is 11.8. The number of para-hydroxylation sites is 2. The molecule has 0 bridgehead atoms. The summed E-state index contributed by atoms with van der Waals surface area (Å²) in [4.78, 5) is 0.270. The van der Waals surface area contributed by atoms with Gasteiger partial charge in [0.25, 0.3) is 10.0 Å². The molecule has 0 amide bonds. The summed E-state index contributed by atoms with van der Waals surface area (Å²) in [5, 5.41) is 3.65. The lowest BCUT2D eigenvalue weighted by Crippen LogP contribution is -2.29. The van der Waals surface area contributed by atoms with Gasteiger partial charge in [0, 0.05) is 22.9 Å². The molecule has 0 spiro atoms. The number of ether oxygens (including phenoxy) is 1. The minimum absolute atomic E-state index is 0.0913. The molecule has 0 fully saturated rings. The Kier molecular flexibility index (Phi) is 4.94. The molecule has 0 saturated heterocycles. The molecule has 5 rings (SSSR count). The molecule has 1 heterocycles. The SMILES string of the molecule is COc1ccccc1[C@H]1Nc2ccc(S(=O)(=O)Nc3ccccc3)cc2[C@H]2C=CC[C@H]21. The number of benzene rings is 3. The highest BCUT2D eigenvalue weighted by molar-refractivity contribution is 7.92. The van der Waals surface area contributed by atoms with Crippen LogP contribution in [0.15, 0.2) is 89.8 Å². The normalized spacial score (nSPS) is 21.6. The Balaban J connectivity index is 1.51. The summed E-state index contributed by atoms with van der Waals surface area (Å²) in [7, 11) is -1.98. The average molecular weight is 433 g/mol. The van der Waals surface area contributed by atoms with Gasteiger partial charge in [-0.2, -0.15) is 0 Å². The zero-order chi connectivity index (χ0) is 21.4. The molecule has 3 atom stereocenters. The van der Waals surface area contributed by atoms with E-state index in [2.05, 4.69) is 28.3 Å². The first kappa shape index (κ1) is 19.7. The molecule has 6 heteroatoms. The largest absolute Gasteiger partial charge is 0.496 e. The van der Waals surface area contributed by atoms with Crippen LogP contribution in [0.1, 0.15) is 29.5 Å². The summed E-state index contributed by atoms with van der Waals surface area (Å²) < 4.78 is 34.2. The number of hydrogen-bond donors (Lipinski definition) is 2. The van der Waals surface area contributed by atoms with Crippen LogP contribution in [0.3, 0.4) is 0 Å². The maximum Gasteiger partial charge on any atom is 0.261 e. The molecule has 0 aromatic heterocycles. The lowest BCUT2D eigenvalue weighted by Gasteiger charge is -2.38. The molecule has 158 valence electrons. The van der Waals surface area contributed by atoms with Crippen LogP contribution >= 0.6 is 0 Å². The van der Waals surface area contributed by atoms with Crippen LogP contribution in [0.5, 0.6) is 5.75 Å². The summed E-state index contributed by atoms with van der Waals surface area (Å²) >= 11 is 0. The van der Waals surface area contributed by atoms with Crippen molar-refractivity contribution in [3.63, 3.8) is 0 Å². The highest BCUT2D eigenvalue weighted by Gasteiger charge is 2.39. The number of nitrogens with one attached hydrogen (secondary N) is 2. The summed E-state index contributed by atoms with van der Waals surface area (Å²) in [6, 6.07) is 22.5. The van der Waals surface area contributed by atoms with Crippen molar-refractivity contribution >= 4 is 21.4 Å². The number of sulfonamides is 1. The second-order valence-corrected chi connectivity index (χ2v) is 9.62. The van der Waals surface area contributed by atoms with Crippen molar-refractivity contribution in [1.82, 2.24) is 0 Å². The molecule has 2 N–H and O–H groups in total. The fraction of sp³-hybridized carbons (Fsp3) is 0.200. The lowest BCUT2D eigenvalue weighted by molar-refractivity contribution is 0.381. The Morgan fingerprint density at radius 1 is 0.968 bits per heavy atom. The van der Waals surface area contributed by atoms with Gasteiger partial charge in [0.15, 0.2) is 0 Å². The third kappa shape index (κ3) is 3.57. The molecular formula is C25H24N2O3S. The van der Waals surface area contributed by atoms with Gasteiger partial charge in [0.1, 0.15) is 5.75 Å². The van der Waals surface area contributed by atoms with E-state index in [1.807, 2.05) is 30.3 Å². The Morgan fingerprint density at radius 3 is 2.55 bits per heavy atom. The predicted molar refractivity (Wildman–Crippen MR) is 123 cm³/mol. The molecule has 1 aliphatic heterocycles. The Hall–Kier alpha value is -3.25. The maximum atomic E-state index is 13.0. The van der Waals surface area contributed by atoms with Crippen molar-refractivity contribution in [3.8, 4) is 5.75 Å². The van der Waals surface area contributed by atoms with Crippen LogP contribution in [-0.4, -0.2) is 15.5 Å². The molecule has 31 heavy (non-hydrogen) atoms. The standard InChI is InChI=1S/C25H24N2O3S/c1-30-24-13-6-5-10-21(24)25-20-12-7-11-19(20)22-16-18(14-15-23(22)26-25)31(28,29)27-17-8-3-2-4-9-17/h2-11,13-16,19-20,25-27H,12H2,1H3/t19-,20+,25-/m0/s1. The van der Waals surface area contributed by atoms with Crippen molar-refractivity contribution in [2.75, 3.05) is 17.1 Å². The summed E-state index contributed by atoms with van der Waals surface area (Å²) in [5.74, 6) is 1.31. The van der Waals surface area contributed by atoms with Crippen LogP contribution in [0, 0.1) is 5.92 Å². The molecule has 0 unspecified atom stereocenters. The molecule has 3 aromatic rings. The number of fused-ring (bicyclic) bond motifs is 3. The van der Waals surface area contributed by atoms with Crippen LogP contribution in [-0.2, 0) is 10.0 Å². The minimum Gasteiger partial charge on any atom is -0.496 e. The number of allylic oxidation sites excluding steroid dienone is 2. The van der Waals surface area contributed by atoms with E-state index in [9.17, 15) is 8.42 Å². The molecular weight excluding hydrogens is 408 g/mol. The van der Waals surface area contributed by atoms with Gasteiger partial charge < -0.3 is 10.1 Å².